The first kappa shape index (κ1) is 15.4. The lowest BCUT2D eigenvalue weighted by atomic mass is 10.1. The number of phenols is 2. The third-order valence-electron chi connectivity index (χ3n) is 3.04. The molecular formula is C16H16ClNO3. The minimum atomic E-state index is -0.212. The van der Waals surface area contributed by atoms with Gasteiger partial charge in [-0.2, -0.15) is 0 Å². The van der Waals surface area contributed by atoms with E-state index in [1.807, 2.05) is 30.1 Å². The number of hydrogen-bond acceptors (Lipinski definition) is 4. The maximum absolute atomic E-state index is 12.1. The number of aromatic hydroxyl groups is 2. The molecule has 2 rings (SSSR count). The molecule has 2 aromatic carbocycles. The molecule has 4 nitrogen and oxygen atoms in total. The summed E-state index contributed by atoms with van der Waals surface area (Å²) in [7, 11) is 1.82. The fourth-order valence-electron chi connectivity index (χ4n) is 2.09. The van der Waals surface area contributed by atoms with Crippen LogP contribution < -0.4 is 0 Å². The van der Waals surface area contributed by atoms with Gasteiger partial charge in [0, 0.05) is 17.6 Å². The van der Waals surface area contributed by atoms with Crippen molar-refractivity contribution >= 4 is 17.4 Å². The first-order valence-corrected chi connectivity index (χ1v) is 6.81. The van der Waals surface area contributed by atoms with Gasteiger partial charge in [0.1, 0.15) is 11.5 Å². The van der Waals surface area contributed by atoms with Crippen LogP contribution in [0.15, 0.2) is 42.5 Å². The van der Waals surface area contributed by atoms with Crippen LogP contribution in [0.4, 0.5) is 0 Å². The number of hydrogen-bond donors (Lipinski definition) is 2. The van der Waals surface area contributed by atoms with Crippen molar-refractivity contribution in [3.05, 3.63) is 58.6 Å². The van der Waals surface area contributed by atoms with E-state index in [2.05, 4.69) is 0 Å². The molecule has 0 saturated heterocycles. The second-order valence-electron chi connectivity index (χ2n) is 4.93. The quantitative estimate of drug-likeness (QED) is 0.834. The largest absolute Gasteiger partial charge is 0.508 e. The Labute approximate surface area is 128 Å². The van der Waals surface area contributed by atoms with Gasteiger partial charge >= 0.3 is 0 Å². The number of nitrogens with zero attached hydrogens (tertiary/aromatic N) is 1. The highest BCUT2D eigenvalue weighted by molar-refractivity contribution is 6.30. The number of rotatable bonds is 5. The van der Waals surface area contributed by atoms with Crippen molar-refractivity contribution in [2.45, 2.75) is 6.54 Å². The number of phenolic OH excluding ortho intramolecular Hbond substituents is 2. The lowest BCUT2D eigenvalue weighted by Gasteiger charge is -2.16. The Morgan fingerprint density at radius 3 is 2.62 bits per heavy atom. The molecule has 21 heavy (non-hydrogen) atoms. The molecule has 0 aliphatic rings. The highest BCUT2D eigenvalue weighted by Crippen LogP contribution is 2.23. The van der Waals surface area contributed by atoms with E-state index >= 15 is 0 Å². The van der Waals surface area contributed by atoms with Gasteiger partial charge in [0.15, 0.2) is 5.78 Å². The number of halogens is 1. The second kappa shape index (κ2) is 6.61. The van der Waals surface area contributed by atoms with Crippen LogP contribution in [-0.4, -0.2) is 34.5 Å². The molecule has 0 atom stereocenters. The average Bonchev–Trinajstić information content (AvgIpc) is 2.38. The number of Topliss-reactive ketones (excluding diaryl/α,β-unsaturated/α-hetero) is 1. The van der Waals surface area contributed by atoms with Crippen LogP contribution in [0, 0.1) is 0 Å². The number of ketones is 1. The minimum absolute atomic E-state index is 0.0728. The van der Waals surface area contributed by atoms with Gasteiger partial charge in [0.2, 0.25) is 0 Å². The maximum atomic E-state index is 12.1. The van der Waals surface area contributed by atoms with Crippen LogP contribution in [0.3, 0.4) is 0 Å². The Morgan fingerprint density at radius 2 is 1.95 bits per heavy atom. The highest BCUT2D eigenvalue weighted by atomic mass is 35.5. The van der Waals surface area contributed by atoms with Gasteiger partial charge in [-0.05, 0) is 36.9 Å². The number of carbonyl (C=O) groups is 1. The van der Waals surface area contributed by atoms with Gasteiger partial charge in [0.25, 0.3) is 0 Å². The van der Waals surface area contributed by atoms with Crippen LogP contribution in [-0.2, 0) is 6.54 Å². The lowest BCUT2D eigenvalue weighted by molar-refractivity contribution is 0.0940. The van der Waals surface area contributed by atoms with E-state index in [-0.39, 0.29) is 29.4 Å². The van der Waals surface area contributed by atoms with E-state index in [0.717, 1.165) is 11.6 Å². The van der Waals surface area contributed by atoms with Gasteiger partial charge in [-0.15, -0.1) is 0 Å². The predicted octanol–water partition coefficient (Wildman–Crippen LogP) is 3.07. The van der Waals surface area contributed by atoms with Crippen molar-refractivity contribution in [1.82, 2.24) is 4.90 Å². The standard InChI is InChI=1S/C16H16ClNO3/c1-18(9-11-3-2-4-12(17)7-11)10-16(21)14-6-5-13(19)8-15(14)20/h2-8,19-20H,9-10H2,1H3. The van der Waals surface area contributed by atoms with Gasteiger partial charge in [0.05, 0.1) is 12.1 Å². The third kappa shape index (κ3) is 4.21. The van der Waals surface area contributed by atoms with Crippen molar-refractivity contribution in [2.75, 3.05) is 13.6 Å². The van der Waals surface area contributed by atoms with Crippen molar-refractivity contribution in [3.8, 4) is 11.5 Å². The monoisotopic (exact) mass is 305 g/mol. The Morgan fingerprint density at radius 1 is 1.19 bits per heavy atom. The molecule has 0 unspecified atom stereocenters. The van der Waals surface area contributed by atoms with Gasteiger partial charge < -0.3 is 10.2 Å². The molecule has 0 saturated carbocycles. The number of carbonyl (C=O) groups excluding carboxylic acids is 1. The summed E-state index contributed by atoms with van der Waals surface area (Å²) in [5.41, 5.74) is 1.21. The summed E-state index contributed by atoms with van der Waals surface area (Å²) in [5, 5.41) is 19.6. The first-order chi connectivity index (χ1) is 9.95. The highest BCUT2D eigenvalue weighted by Gasteiger charge is 2.14. The molecule has 0 bridgehead atoms. The molecule has 5 heteroatoms. The normalized spacial score (nSPS) is 10.8. The molecule has 0 aromatic heterocycles. The molecule has 0 aliphatic carbocycles. The molecule has 0 aliphatic heterocycles. The summed E-state index contributed by atoms with van der Waals surface area (Å²) in [4.78, 5) is 14.0. The molecule has 0 radical (unpaired) electrons. The number of benzene rings is 2. The Kier molecular flexibility index (Phi) is 4.83. The van der Waals surface area contributed by atoms with E-state index in [1.54, 1.807) is 6.07 Å². The fourth-order valence-corrected chi connectivity index (χ4v) is 2.30. The van der Waals surface area contributed by atoms with Crippen molar-refractivity contribution < 1.29 is 15.0 Å². The van der Waals surface area contributed by atoms with E-state index < -0.39 is 0 Å². The third-order valence-corrected chi connectivity index (χ3v) is 3.27. The zero-order chi connectivity index (χ0) is 15.4. The zero-order valence-corrected chi connectivity index (χ0v) is 12.3. The summed E-state index contributed by atoms with van der Waals surface area (Å²) in [6, 6.07) is 11.4. The predicted molar refractivity (Wildman–Crippen MR) is 81.9 cm³/mol. The fraction of sp³-hybridized carbons (Fsp3) is 0.188. The molecular weight excluding hydrogens is 290 g/mol. The maximum Gasteiger partial charge on any atom is 0.180 e. The first-order valence-electron chi connectivity index (χ1n) is 6.44. The smallest absolute Gasteiger partial charge is 0.180 e. The molecule has 2 N–H and O–H groups in total. The summed E-state index contributed by atoms with van der Waals surface area (Å²) in [5.74, 6) is -0.496. The van der Waals surface area contributed by atoms with Crippen molar-refractivity contribution in [2.24, 2.45) is 0 Å². The Bertz CT molecular complexity index is 658. The summed E-state index contributed by atoms with van der Waals surface area (Å²) >= 11 is 5.92. The van der Waals surface area contributed by atoms with Crippen LogP contribution in [0.5, 0.6) is 11.5 Å². The van der Waals surface area contributed by atoms with Gasteiger partial charge in [-0.25, -0.2) is 0 Å². The van der Waals surface area contributed by atoms with Crippen LogP contribution in [0.25, 0.3) is 0 Å². The zero-order valence-electron chi connectivity index (χ0n) is 11.6. The lowest BCUT2D eigenvalue weighted by Crippen LogP contribution is -2.25. The molecule has 0 fully saturated rings. The van der Waals surface area contributed by atoms with Crippen LogP contribution in [0.1, 0.15) is 15.9 Å². The van der Waals surface area contributed by atoms with E-state index in [0.29, 0.717) is 11.6 Å². The van der Waals surface area contributed by atoms with Crippen molar-refractivity contribution in [3.63, 3.8) is 0 Å². The molecule has 0 spiro atoms. The van der Waals surface area contributed by atoms with Crippen LogP contribution >= 0.6 is 11.6 Å². The van der Waals surface area contributed by atoms with Crippen molar-refractivity contribution in [1.29, 1.82) is 0 Å². The average molecular weight is 306 g/mol. The molecule has 2 aromatic rings. The molecule has 0 amide bonds. The molecule has 110 valence electrons. The minimum Gasteiger partial charge on any atom is -0.508 e. The topological polar surface area (TPSA) is 60.8 Å². The van der Waals surface area contributed by atoms with Gasteiger partial charge in [-0.1, -0.05) is 23.7 Å². The van der Waals surface area contributed by atoms with Gasteiger partial charge in [-0.3, -0.25) is 9.69 Å². The summed E-state index contributed by atoms with van der Waals surface area (Å²) in [6.07, 6.45) is 0. The Hall–Kier alpha value is -2.04. The molecule has 0 heterocycles. The Balaban J connectivity index is 2.02. The van der Waals surface area contributed by atoms with E-state index in [9.17, 15) is 15.0 Å². The SMILES string of the molecule is CN(CC(=O)c1ccc(O)cc1O)Cc1cccc(Cl)c1. The second-order valence-corrected chi connectivity index (χ2v) is 5.36. The summed E-state index contributed by atoms with van der Waals surface area (Å²) in [6.45, 7) is 0.732. The number of likely N-dealkylation sites (N-methyl/N-ethyl adjacent to an activating group) is 1. The van der Waals surface area contributed by atoms with E-state index in [4.69, 9.17) is 11.6 Å². The van der Waals surface area contributed by atoms with E-state index in [1.165, 1.54) is 12.1 Å². The summed E-state index contributed by atoms with van der Waals surface area (Å²) < 4.78 is 0. The van der Waals surface area contributed by atoms with Crippen LogP contribution in [0.2, 0.25) is 5.02 Å².